The molecule has 0 saturated carbocycles. The monoisotopic (exact) mass is 326 g/mol. The first-order valence-corrected chi connectivity index (χ1v) is 6.37. The Labute approximate surface area is 117 Å². The van der Waals surface area contributed by atoms with E-state index < -0.39 is 11.9 Å². The Hall–Kier alpha value is -1.89. The summed E-state index contributed by atoms with van der Waals surface area (Å²) >= 11 is 3.20. The smallest absolute Gasteiger partial charge is 0.337 e. The van der Waals surface area contributed by atoms with Crippen LogP contribution in [0.5, 0.6) is 0 Å². The van der Waals surface area contributed by atoms with Gasteiger partial charge in [0.2, 0.25) is 11.8 Å². The SMILES string of the molecule is O=C1CC(C(=O)Nc2c(Br)cccc2C(=O)O)CN1. The molecular weight excluding hydrogens is 316 g/mol. The Morgan fingerprint density at radius 1 is 1.42 bits per heavy atom. The summed E-state index contributed by atoms with van der Waals surface area (Å²) in [6.07, 6.45) is 0.124. The highest BCUT2D eigenvalue weighted by Crippen LogP contribution is 2.27. The van der Waals surface area contributed by atoms with Gasteiger partial charge < -0.3 is 15.7 Å². The van der Waals surface area contributed by atoms with Crippen molar-refractivity contribution < 1.29 is 19.5 Å². The van der Waals surface area contributed by atoms with Crippen LogP contribution in [0.3, 0.4) is 0 Å². The van der Waals surface area contributed by atoms with Gasteiger partial charge in [0.15, 0.2) is 0 Å². The number of aromatic carboxylic acids is 1. The summed E-state index contributed by atoms with van der Waals surface area (Å²) in [5.74, 6) is -2.14. The molecule has 3 N–H and O–H groups in total. The van der Waals surface area contributed by atoms with E-state index in [4.69, 9.17) is 5.11 Å². The van der Waals surface area contributed by atoms with Crippen molar-refractivity contribution in [1.82, 2.24) is 5.32 Å². The summed E-state index contributed by atoms with van der Waals surface area (Å²) < 4.78 is 0.484. The molecule has 1 fully saturated rings. The van der Waals surface area contributed by atoms with Gasteiger partial charge in [0, 0.05) is 17.4 Å². The minimum atomic E-state index is -1.13. The molecule has 0 spiro atoms. The van der Waals surface area contributed by atoms with Crippen LogP contribution in [0.15, 0.2) is 22.7 Å². The molecule has 0 bridgehead atoms. The van der Waals surface area contributed by atoms with Crippen molar-refractivity contribution in [3.63, 3.8) is 0 Å². The number of carboxylic acid groups (broad SMARTS) is 1. The Bertz CT molecular complexity index is 559. The van der Waals surface area contributed by atoms with Crippen LogP contribution < -0.4 is 10.6 Å². The summed E-state index contributed by atoms with van der Waals surface area (Å²) in [6, 6.07) is 4.62. The normalized spacial score (nSPS) is 17.9. The Morgan fingerprint density at radius 3 is 2.74 bits per heavy atom. The first kappa shape index (κ1) is 13.5. The number of carbonyl (C=O) groups excluding carboxylic acids is 2. The topological polar surface area (TPSA) is 95.5 Å². The zero-order valence-electron chi connectivity index (χ0n) is 9.77. The summed E-state index contributed by atoms with van der Waals surface area (Å²) in [4.78, 5) is 34.1. The maximum absolute atomic E-state index is 12.0. The van der Waals surface area contributed by atoms with Gasteiger partial charge in [0.25, 0.3) is 0 Å². The number of carbonyl (C=O) groups is 3. The minimum absolute atomic E-state index is 0.00000709. The molecule has 1 aromatic rings. The molecule has 2 rings (SSSR count). The van der Waals surface area contributed by atoms with Crippen molar-refractivity contribution in [2.75, 3.05) is 11.9 Å². The Kier molecular flexibility index (Phi) is 3.84. The zero-order chi connectivity index (χ0) is 14.0. The van der Waals surface area contributed by atoms with Crippen LogP contribution >= 0.6 is 15.9 Å². The van der Waals surface area contributed by atoms with Crippen molar-refractivity contribution in [2.45, 2.75) is 6.42 Å². The molecule has 1 aliphatic heterocycles. The molecule has 100 valence electrons. The van der Waals surface area contributed by atoms with Crippen LogP contribution in [-0.2, 0) is 9.59 Å². The molecule has 1 heterocycles. The Morgan fingerprint density at radius 2 is 2.16 bits per heavy atom. The quantitative estimate of drug-likeness (QED) is 0.778. The van der Waals surface area contributed by atoms with Crippen LogP contribution in [0.25, 0.3) is 0 Å². The fourth-order valence-electron chi connectivity index (χ4n) is 1.85. The van der Waals surface area contributed by atoms with Gasteiger partial charge in [-0.1, -0.05) is 6.07 Å². The maximum atomic E-state index is 12.0. The molecular formula is C12H11BrN2O4. The summed E-state index contributed by atoms with van der Waals surface area (Å²) in [6.45, 7) is 0.275. The molecule has 1 saturated heterocycles. The summed E-state index contributed by atoms with van der Waals surface area (Å²) in [5, 5.41) is 14.2. The summed E-state index contributed by atoms with van der Waals surface area (Å²) in [7, 11) is 0. The molecule has 6 nitrogen and oxygen atoms in total. The highest BCUT2D eigenvalue weighted by atomic mass is 79.9. The number of hydrogen-bond donors (Lipinski definition) is 3. The van der Waals surface area contributed by atoms with Crippen LogP contribution in [0.2, 0.25) is 0 Å². The van der Waals surface area contributed by atoms with Gasteiger partial charge in [-0.25, -0.2) is 4.79 Å². The van der Waals surface area contributed by atoms with Gasteiger partial charge in [-0.3, -0.25) is 9.59 Å². The number of para-hydroxylation sites is 1. The second kappa shape index (κ2) is 5.40. The standard InChI is InChI=1S/C12H11BrN2O4/c13-8-3-1-2-7(12(18)19)10(8)15-11(17)6-4-9(16)14-5-6/h1-3,6H,4-5H2,(H,14,16)(H,15,17)(H,18,19). The zero-order valence-corrected chi connectivity index (χ0v) is 11.4. The fraction of sp³-hybridized carbons (Fsp3) is 0.250. The van der Waals surface area contributed by atoms with Gasteiger partial charge in [-0.05, 0) is 28.1 Å². The van der Waals surface area contributed by atoms with Crippen molar-refractivity contribution in [1.29, 1.82) is 0 Å². The molecule has 7 heteroatoms. The molecule has 1 unspecified atom stereocenters. The van der Waals surface area contributed by atoms with E-state index in [1.54, 1.807) is 12.1 Å². The fourth-order valence-corrected chi connectivity index (χ4v) is 2.31. The van der Waals surface area contributed by atoms with Crippen molar-refractivity contribution in [3.8, 4) is 0 Å². The number of hydrogen-bond acceptors (Lipinski definition) is 3. The van der Waals surface area contributed by atoms with E-state index >= 15 is 0 Å². The predicted molar refractivity (Wildman–Crippen MR) is 70.8 cm³/mol. The highest BCUT2D eigenvalue weighted by Gasteiger charge is 2.29. The molecule has 19 heavy (non-hydrogen) atoms. The van der Waals surface area contributed by atoms with E-state index in [0.717, 1.165) is 0 Å². The number of amides is 2. The molecule has 1 atom stereocenters. The number of benzene rings is 1. The first-order valence-electron chi connectivity index (χ1n) is 5.58. The second-order valence-electron chi connectivity index (χ2n) is 4.16. The average Bonchev–Trinajstić information content (AvgIpc) is 2.78. The Balaban J connectivity index is 2.21. The third-order valence-electron chi connectivity index (χ3n) is 2.84. The molecule has 0 radical (unpaired) electrons. The second-order valence-corrected chi connectivity index (χ2v) is 5.02. The van der Waals surface area contributed by atoms with Crippen LogP contribution in [0.4, 0.5) is 5.69 Å². The lowest BCUT2D eigenvalue weighted by Crippen LogP contribution is -2.25. The van der Waals surface area contributed by atoms with Crippen LogP contribution in [-0.4, -0.2) is 29.4 Å². The number of nitrogens with one attached hydrogen (secondary N) is 2. The third-order valence-corrected chi connectivity index (χ3v) is 3.50. The third kappa shape index (κ3) is 2.93. The predicted octanol–water partition coefficient (Wildman–Crippen LogP) is 1.22. The lowest BCUT2D eigenvalue weighted by Gasteiger charge is -2.13. The molecule has 1 aliphatic rings. The summed E-state index contributed by atoms with van der Waals surface area (Å²) in [5.41, 5.74) is 0.208. The van der Waals surface area contributed by atoms with E-state index in [9.17, 15) is 14.4 Å². The molecule has 0 aromatic heterocycles. The largest absolute Gasteiger partial charge is 0.478 e. The number of rotatable bonds is 3. The number of anilines is 1. The van der Waals surface area contributed by atoms with E-state index in [-0.39, 0.29) is 36.0 Å². The first-order chi connectivity index (χ1) is 8.99. The van der Waals surface area contributed by atoms with Gasteiger partial charge in [-0.2, -0.15) is 0 Å². The average molecular weight is 327 g/mol. The van der Waals surface area contributed by atoms with E-state index in [0.29, 0.717) is 4.47 Å². The molecule has 2 amide bonds. The van der Waals surface area contributed by atoms with Gasteiger partial charge >= 0.3 is 5.97 Å². The van der Waals surface area contributed by atoms with Crippen LogP contribution in [0.1, 0.15) is 16.8 Å². The molecule has 1 aromatic carbocycles. The van der Waals surface area contributed by atoms with Crippen molar-refractivity contribution in [3.05, 3.63) is 28.2 Å². The lowest BCUT2D eigenvalue weighted by molar-refractivity contribution is -0.123. The van der Waals surface area contributed by atoms with E-state index in [1.165, 1.54) is 6.07 Å². The van der Waals surface area contributed by atoms with Crippen molar-refractivity contribution >= 4 is 39.4 Å². The lowest BCUT2D eigenvalue weighted by atomic mass is 10.1. The van der Waals surface area contributed by atoms with Crippen LogP contribution in [0, 0.1) is 5.92 Å². The van der Waals surface area contributed by atoms with E-state index in [1.807, 2.05) is 0 Å². The molecule has 0 aliphatic carbocycles. The number of halogens is 1. The van der Waals surface area contributed by atoms with Gasteiger partial charge in [-0.15, -0.1) is 0 Å². The minimum Gasteiger partial charge on any atom is -0.478 e. The number of carboxylic acids is 1. The van der Waals surface area contributed by atoms with Gasteiger partial charge in [0.05, 0.1) is 17.2 Å². The van der Waals surface area contributed by atoms with Gasteiger partial charge in [0.1, 0.15) is 0 Å². The van der Waals surface area contributed by atoms with Crippen molar-refractivity contribution in [2.24, 2.45) is 5.92 Å². The highest BCUT2D eigenvalue weighted by molar-refractivity contribution is 9.10. The maximum Gasteiger partial charge on any atom is 0.337 e. The van der Waals surface area contributed by atoms with E-state index in [2.05, 4.69) is 26.6 Å².